The summed E-state index contributed by atoms with van der Waals surface area (Å²) in [6.45, 7) is 1.21. The summed E-state index contributed by atoms with van der Waals surface area (Å²) < 4.78 is 39.1. The second-order valence-corrected chi connectivity index (χ2v) is 8.52. The minimum Gasteiger partial charge on any atom is -0.497 e. The van der Waals surface area contributed by atoms with Crippen LogP contribution in [-0.2, 0) is 16.6 Å². The third-order valence-electron chi connectivity index (χ3n) is 4.29. The summed E-state index contributed by atoms with van der Waals surface area (Å²) in [6.07, 6.45) is -0.248. The van der Waals surface area contributed by atoms with Crippen molar-refractivity contribution < 1.29 is 17.9 Å². The van der Waals surface area contributed by atoms with E-state index in [0.717, 1.165) is 11.3 Å². The van der Waals surface area contributed by atoms with Crippen LogP contribution in [0, 0.1) is 0 Å². The number of hydrogen-bond acceptors (Lipinski definition) is 5. The number of para-hydroxylation sites is 1. The number of benzene rings is 2. The standard InChI is InChI=1S/C19H24N2O4S/c1-20(2)13-17-14-21(12-15-6-4-5-7-19(15)25-17)26(22,23)18-10-8-16(24-3)9-11-18/h4-11,17H,12-14H2,1-3H3/t17-/m1/s1. The maximum atomic E-state index is 13.2. The fourth-order valence-corrected chi connectivity index (χ4v) is 4.48. The molecule has 0 unspecified atom stereocenters. The van der Waals surface area contributed by atoms with Crippen LogP contribution in [0.25, 0.3) is 0 Å². The molecule has 6 nitrogen and oxygen atoms in total. The van der Waals surface area contributed by atoms with Crippen LogP contribution in [0.1, 0.15) is 5.56 Å². The van der Waals surface area contributed by atoms with Crippen LogP contribution in [0.3, 0.4) is 0 Å². The molecule has 1 atom stereocenters. The van der Waals surface area contributed by atoms with E-state index in [2.05, 4.69) is 0 Å². The maximum absolute atomic E-state index is 13.2. The molecular weight excluding hydrogens is 352 g/mol. The van der Waals surface area contributed by atoms with Crippen molar-refractivity contribution in [1.82, 2.24) is 9.21 Å². The second kappa shape index (κ2) is 7.65. The first-order valence-corrected chi connectivity index (χ1v) is 9.87. The molecule has 0 radical (unpaired) electrons. The van der Waals surface area contributed by atoms with Crippen molar-refractivity contribution in [2.24, 2.45) is 0 Å². The quantitative estimate of drug-likeness (QED) is 0.801. The molecule has 0 bridgehead atoms. The van der Waals surface area contributed by atoms with Gasteiger partial charge < -0.3 is 14.4 Å². The van der Waals surface area contributed by atoms with E-state index >= 15 is 0 Å². The summed E-state index contributed by atoms with van der Waals surface area (Å²) in [4.78, 5) is 2.25. The Labute approximate surface area is 155 Å². The summed E-state index contributed by atoms with van der Waals surface area (Å²) >= 11 is 0. The first kappa shape index (κ1) is 18.7. The van der Waals surface area contributed by atoms with Gasteiger partial charge in [-0.25, -0.2) is 8.42 Å². The minimum atomic E-state index is -3.64. The van der Waals surface area contributed by atoms with Gasteiger partial charge in [-0.1, -0.05) is 18.2 Å². The van der Waals surface area contributed by atoms with E-state index in [-0.39, 0.29) is 17.5 Å². The van der Waals surface area contributed by atoms with Gasteiger partial charge in [-0.3, -0.25) is 0 Å². The van der Waals surface area contributed by atoms with Gasteiger partial charge in [-0.2, -0.15) is 4.31 Å². The highest BCUT2D eigenvalue weighted by Crippen LogP contribution is 2.29. The molecule has 0 aliphatic carbocycles. The number of rotatable bonds is 5. The number of hydrogen-bond donors (Lipinski definition) is 0. The molecule has 0 amide bonds. The van der Waals surface area contributed by atoms with Gasteiger partial charge in [-0.15, -0.1) is 0 Å². The lowest BCUT2D eigenvalue weighted by atomic mass is 10.2. The van der Waals surface area contributed by atoms with Gasteiger partial charge >= 0.3 is 0 Å². The Morgan fingerprint density at radius 1 is 1.15 bits per heavy atom. The van der Waals surface area contributed by atoms with Crippen LogP contribution in [0.2, 0.25) is 0 Å². The van der Waals surface area contributed by atoms with Crippen molar-refractivity contribution in [1.29, 1.82) is 0 Å². The molecule has 0 spiro atoms. The second-order valence-electron chi connectivity index (χ2n) is 6.58. The molecule has 0 N–H and O–H groups in total. The van der Waals surface area contributed by atoms with Crippen molar-refractivity contribution in [3.8, 4) is 11.5 Å². The summed E-state index contributed by atoms with van der Waals surface area (Å²) in [5, 5.41) is 0. The Morgan fingerprint density at radius 3 is 2.50 bits per heavy atom. The number of ether oxygens (including phenoxy) is 2. The predicted octanol–water partition coefficient (Wildman–Crippen LogP) is 2.21. The van der Waals surface area contributed by atoms with Crippen LogP contribution in [-0.4, -0.2) is 58.0 Å². The van der Waals surface area contributed by atoms with Crippen LogP contribution in [0.4, 0.5) is 0 Å². The summed E-state index contributed by atoms with van der Waals surface area (Å²) in [5.74, 6) is 1.37. The van der Waals surface area contributed by atoms with Gasteiger partial charge in [0.2, 0.25) is 10.0 Å². The zero-order valence-corrected chi connectivity index (χ0v) is 16.1. The summed E-state index contributed by atoms with van der Waals surface area (Å²) in [7, 11) is 1.81. The van der Waals surface area contributed by atoms with E-state index in [0.29, 0.717) is 18.8 Å². The highest BCUT2D eigenvalue weighted by atomic mass is 32.2. The lowest BCUT2D eigenvalue weighted by Gasteiger charge is -2.25. The van der Waals surface area contributed by atoms with E-state index in [9.17, 15) is 8.42 Å². The number of methoxy groups -OCH3 is 1. The largest absolute Gasteiger partial charge is 0.497 e. The molecule has 26 heavy (non-hydrogen) atoms. The number of nitrogens with zero attached hydrogens (tertiary/aromatic N) is 2. The molecule has 2 aromatic carbocycles. The van der Waals surface area contributed by atoms with Crippen molar-refractivity contribution in [2.75, 3.05) is 34.3 Å². The van der Waals surface area contributed by atoms with Gasteiger partial charge in [0.1, 0.15) is 17.6 Å². The van der Waals surface area contributed by atoms with Crippen molar-refractivity contribution in [3.63, 3.8) is 0 Å². The van der Waals surface area contributed by atoms with Crippen LogP contribution in [0.15, 0.2) is 53.4 Å². The minimum absolute atomic E-state index is 0.248. The Hall–Kier alpha value is -2.09. The van der Waals surface area contributed by atoms with E-state index in [1.54, 1.807) is 31.4 Å². The van der Waals surface area contributed by atoms with Crippen molar-refractivity contribution in [2.45, 2.75) is 17.5 Å². The molecular formula is C19H24N2O4S. The molecule has 3 rings (SSSR count). The smallest absolute Gasteiger partial charge is 0.243 e. The molecule has 1 aliphatic heterocycles. The zero-order chi connectivity index (χ0) is 18.7. The predicted molar refractivity (Wildman–Crippen MR) is 100 cm³/mol. The molecule has 0 aromatic heterocycles. The fraction of sp³-hybridized carbons (Fsp3) is 0.368. The first-order valence-electron chi connectivity index (χ1n) is 8.43. The molecule has 1 heterocycles. The van der Waals surface area contributed by atoms with E-state index in [1.807, 2.05) is 43.3 Å². The van der Waals surface area contributed by atoms with Gasteiger partial charge in [0.25, 0.3) is 0 Å². The molecule has 140 valence electrons. The molecule has 1 aliphatic rings. The van der Waals surface area contributed by atoms with Crippen molar-refractivity contribution in [3.05, 3.63) is 54.1 Å². The van der Waals surface area contributed by atoms with E-state index in [4.69, 9.17) is 9.47 Å². The van der Waals surface area contributed by atoms with Crippen LogP contribution < -0.4 is 9.47 Å². The van der Waals surface area contributed by atoms with Crippen LogP contribution in [0.5, 0.6) is 11.5 Å². The average molecular weight is 376 g/mol. The summed E-state index contributed by atoms with van der Waals surface area (Å²) in [5.41, 5.74) is 0.867. The third-order valence-corrected chi connectivity index (χ3v) is 6.11. The molecule has 7 heteroatoms. The molecule has 0 fully saturated rings. The van der Waals surface area contributed by atoms with Gasteiger partial charge in [-0.05, 0) is 44.4 Å². The highest BCUT2D eigenvalue weighted by molar-refractivity contribution is 7.89. The van der Waals surface area contributed by atoms with Gasteiger partial charge in [0.05, 0.1) is 18.6 Å². The van der Waals surface area contributed by atoms with E-state index < -0.39 is 10.0 Å². The Balaban J connectivity index is 1.95. The highest BCUT2D eigenvalue weighted by Gasteiger charge is 2.32. The Bertz CT molecular complexity index is 850. The van der Waals surface area contributed by atoms with Crippen LogP contribution >= 0.6 is 0 Å². The van der Waals surface area contributed by atoms with E-state index in [1.165, 1.54) is 4.31 Å². The Kier molecular flexibility index (Phi) is 5.50. The molecule has 2 aromatic rings. The lowest BCUT2D eigenvalue weighted by Crippen LogP contribution is -2.41. The number of likely N-dealkylation sites (N-methyl/N-ethyl adjacent to an activating group) is 1. The topological polar surface area (TPSA) is 59.1 Å². The fourth-order valence-electron chi connectivity index (χ4n) is 3.03. The summed E-state index contributed by atoms with van der Waals surface area (Å²) in [6, 6.07) is 14.1. The maximum Gasteiger partial charge on any atom is 0.243 e. The van der Waals surface area contributed by atoms with Crippen molar-refractivity contribution >= 4 is 10.0 Å². The molecule has 0 saturated carbocycles. The van der Waals surface area contributed by atoms with Gasteiger partial charge in [0, 0.05) is 18.7 Å². The average Bonchev–Trinajstić information content (AvgIpc) is 2.80. The lowest BCUT2D eigenvalue weighted by molar-refractivity contribution is 0.146. The SMILES string of the molecule is COc1ccc(S(=O)(=O)N2Cc3ccccc3O[C@H](CN(C)C)C2)cc1. The first-order chi connectivity index (χ1) is 12.4. The molecule has 0 saturated heterocycles. The number of fused-ring (bicyclic) bond motifs is 1. The van der Waals surface area contributed by atoms with Gasteiger partial charge in [0.15, 0.2) is 0 Å². The normalized spacial score (nSPS) is 18.1. The zero-order valence-electron chi connectivity index (χ0n) is 15.3. The monoisotopic (exact) mass is 376 g/mol. The third kappa shape index (κ3) is 4.00. The number of sulfonamides is 1. The Morgan fingerprint density at radius 2 is 1.85 bits per heavy atom.